The van der Waals surface area contributed by atoms with Crippen molar-refractivity contribution in [2.75, 3.05) is 11.1 Å². The van der Waals surface area contributed by atoms with Gasteiger partial charge in [0.15, 0.2) is 5.82 Å². The Bertz CT molecular complexity index is 1400. The highest BCUT2D eigenvalue weighted by Gasteiger charge is 2.21. The minimum Gasteiger partial charge on any atom is -0.383 e. The number of nitrogens with one attached hydrogen (secondary N) is 2. The molecule has 31 heavy (non-hydrogen) atoms. The van der Waals surface area contributed by atoms with Crippen molar-refractivity contribution >= 4 is 17.2 Å². The number of fused-ring (bicyclic) bond motifs is 1. The Kier molecular flexibility index (Phi) is 4.43. The van der Waals surface area contributed by atoms with Crippen molar-refractivity contribution in [3.8, 4) is 16.8 Å². The minimum absolute atomic E-state index is 0.160. The molecule has 0 aliphatic heterocycles. The van der Waals surface area contributed by atoms with Crippen LogP contribution in [0, 0.1) is 0 Å². The molecule has 0 aliphatic rings. The summed E-state index contributed by atoms with van der Waals surface area (Å²) in [5.41, 5.74) is 8.56. The van der Waals surface area contributed by atoms with E-state index in [9.17, 15) is 4.79 Å². The summed E-state index contributed by atoms with van der Waals surface area (Å²) in [5, 5.41) is 14.8. The van der Waals surface area contributed by atoms with Gasteiger partial charge in [-0.25, -0.2) is 14.5 Å². The molecule has 0 saturated carbocycles. The molecule has 0 fully saturated rings. The van der Waals surface area contributed by atoms with E-state index in [4.69, 9.17) is 10.8 Å². The largest absolute Gasteiger partial charge is 0.383 e. The molecule has 1 aromatic carbocycles. The minimum atomic E-state index is -0.389. The van der Waals surface area contributed by atoms with E-state index < -0.39 is 0 Å². The van der Waals surface area contributed by atoms with Crippen LogP contribution in [0.2, 0.25) is 0 Å². The molecule has 0 amide bonds. The van der Waals surface area contributed by atoms with Crippen LogP contribution in [-0.4, -0.2) is 34.3 Å². The zero-order chi connectivity index (χ0) is 21.4. The van der Waals surface area contributed by atoms with Crippen LogP contribution in [0.1, 0.15) is 18.8 Å². The second kappa shape index (κ2) is 7.41. The van der Waals surface area contributed by atoms with Crippen molar-refractivity contribution in [1.82, 2.24) is 34.3 Å². The predicted octanol–water partition coefficient (Wildman–Crippen LogP) is 2.42. The molecule has 0 radical (unpaired) electrons. The van der Waals surface area contributed by atoms with Gasteiger partial charge in [0.25, 0.3) is 5.56 Å². The van der Waals surface area contributed by atoms with Crippen LogP contribution >= 0.6 is 0 Å². The fraction of sp³-hybridized carbons (Fsp3) is 0.0952. The first-order valence-electron chi connectivity index (χ1n) is 9.65. The standard InChI is InChI=1S/C21H19N9O/c1-13(27-19-17(14-10-25-26-11-14)18(22)23-12-24-19)20-28-29-9-5-8-16(29)21(31)30(20)15-6-3-2-4-7-15/h2-13H,1H3,(H,25,26)(H3,22,23,24,27)/t13-/m0/s1. The van der Waals surface area contributed by atoms with Gasteiger partial charge in [0.1, 0.15) is 23.5 Å². The van der Waals surface area contributed by atoms with Gasteiger partial charge in [-0.05, 0) is 31.2 Å². The maximum Gasteiger partial charge on any atom is 0.282 e. The van der Waals surface area contributed by atoms with Gasteiger partial charge in [-0.3, -0.25) is 14.5 Å². The summed E-state index contributed by atoms with van der Waals surface area (Å²) in [6.45, 7) is 1.91. The van der Waals surface area contributed by atoms with Crippen LogP contribution in [0.5, 0.6) is 0 Å². The van der Waals surface area contributed by atoms with Crippen LogP contribution < -0.4 is 16.6 Å². The average Bonchev–Trinajstić information content (AvgIpc) is 3.46. The van der Waals surface area contributed by atoms with Crippen molar-refractivity contribution in [2.24, 2.45) is 0 Å². The number of para-hydroxylation sites is 1. The monoisotopic (exact) mass is 413 g/mol. The van der Waals surface area contributed by atoms with E-state index in [-0.39, 0.29) is 11.6 Å². The second-order valence-corrected chi connectivity index (χ2v) is 7.01. The van der Waals surface area contributed by atoms with Gasteiger partial charge >= 0.3 is 0 Å². The van der Waals surface area contributed by atoms with Gasteiger partial charge in [0.05, 0.1) is 23.5 Å². The van der Waals surface area contributed by atoms with Gasteiger partial charge < -0.3 is 11.1 Å². The molecule has 4 N–H and O–H groups in total. The number of benzene rings is 1. The van der Waals surface area contributed by atoms with Gasteiger partial charge in [-0.2, -0.15) is 10.2 Å². The molecular formula is C21H19N9O. The Balaban J connectivity index is 1.65. The Labute approximate surface area is 176 Å². The summed E-state index contributed by atoms with van der Waals surface area (Å²) in [5.74, 6) is 1.36. The van der Waals surface area contributed by atoms with Crippen LogP contribution in [0.15, 0.2) is 72.2 Å². The fourth-order valence-electron chi connectivity index (χ4n) is 3.56. The van der Waals surface area contributed by atoms with E-state index in [1.807, 2.05) is 37.3 Å². The summed E-state index contributed by atoms with van der Waals surface area (Å²) >= 11 is 0. The number of nitrogens with zero attached hydrogens (tertiary/aromatic N) is 6. The van der Waals surface area contributed by atoms with Crippen molar-refractivity contribution in [3.05, 3.63) is 83.6 Å². The molecular weight excluding hydrogens is 394 g/mol. The van der Waals surface area contributed by atoms with Gasteiger partial charge in [-0.15, -0.1) is 0 Å². The molecule has 10 nitrogen and oxygen atoms in total. The highest BCUT2D eigenvalue weighted by molar-refractivity contribution is 5.82. The predicted molar refractivity (Wildman–Crippen MR) is 117 cm³/mol. The first-order valence-corrected chi connectivity index (χ1v) is 9.65. The van der Waals surface area contributed by atoms with E-state index in [0.29, 0.717) is 28.5 Å². The highest BCUT2D eigenvalue weighted by Crippen LogP contribution is 2.31. The number of nitrogens with two attached hydrogens (primary N) is 1. The summed E-state index contributed by atoms with van der Waals surface area (Å²) in [6.07, 6.45) is 6.51. The van der Waals surface area contributed by atoms with Crippen molar-refractivity contribution < 1.29 is 0 Å². The third-order valence-corrected chi connectivity index (χ3v) is 5.01. The summed E-state index contributed by atoms with van der Waals surface area (Å²) in [7, 11) is 0. The Morgan fingerprint density at radius 1 is 1.13 bits per heavy atom. The molecule has 5 aromatic rings. The van der Waals surface area contributed by atoms with Crippen LogP contribution in [0.4, 0.5) is 11.6 Å². The number of rotatable bonds is 5. The van der Waals surface area contributed by atoms with Crippen molar-refractivity contribution in [3.63, 3.8) is 0 Å². The molecule has 4 aromatic heterocycles. The summed E-state index contributed by atoms with van der Waals surface area (Å²) in [6, 6.07) is 12.6. The molecule has 1 atom stereocenters. The molecule has 0 bridgehead atoms. The third kappa shape index (κ3) is 3.19. The Hall–Kier alpha value is -4.47. The third-order valence-electron chi connectivity index (χ3n) is 5.01. The van der Waals surface area contributed by atoms with Crippen LogP contribution in [-0.2, 0) is 0 Å². The van der Waals surface area contributed by atoms with Crippen LogP contribution in [0.3, 0.4) is 0 Å². The molecule has 0 aliphatic carbocycles. The first-order chi connectivity index (χ1) is 15.1. The van der Waals surface area contributed by atoms with Gasteiger partial charge in [0, 0.05) is 18.0 Å². The lowest BCUT2D eigenvalue weighted by molar-refractivity contribution is 0.673. The highest BCUT2D eigenvalue weighted by atomic mass is 16.1. The molecule has 5 rings (SSSR count). The summed E-state index contributed by atoms with van der Waals surface area (Å²) in [4.78, 5) is 21.8. The lowest BCUT2D eigenvalue weighted by Crippen LogP contribution is -2.29. The van der Waals surface area contributed by atoms with Gasteiger partial charge in [-0.1, -0.05) is 18.2 Å². The number of aromatic amines is 1. The smallest absolute Gasteiger partial charge is 0.282 e. The second-order valence-electron chi connectivity index (χ2n) is 7.01. The summed E-state index contributed by atoms with van der Waals surface area (Å²) < 4.78 is 3.19. The van der Waals surface area contributed by atoms with E-state index >= 15 is 0 Å². The molecule has 0 unspecified atom stereocenters. The number of hydrogen-bond donors (Lipinski definition) is 3. The van der Waals surface area contributed by atoms with E-state index in [2.05, 4.69) is 25.5 Å². The van der Waals surface area contributed by atoms with Crippen molar-refractivity contribution in [2.45, 2.75) is 13.0 Å². The normalized spacial score (nSPS) is 12.2. The lowest BCUT2D eigenvalue weighted by Gasteiger charge is -2.20. The topological polar surface area (TPSA) is 132 Å². The number of H-pyrrole nitrogens is 1. The number of nitrogen functional groups attached to an aromatic ring is 1. The zero-order valence-electron chi connectivity index (χ0n) is 16.6. The van der Waals surface area contributed by atoms with E-state index in [0.717, 1.165) is 11.3 Å². The quantitative estimate of drug-likeness (QED) is 0.403. The Morgan fingerprint density at radius 2 is 1.97 bits per heavy atom. The molecule has 10 heteroatoms. The SMILES string of the molecule is C[C@H](Nc1ncnc(N)c1-c1cn[nH]c1)c1nn2cccc2c(=O)n1-c1ccccc1. The molecule has 0 spiro atoms. The van der Waals surface area contributed by atoms with Crippen LogP contribution in [0.25, 0.3) is 22.3 Å². The van der Waals surface area contributed by atoms with Gasteiger partial charge in [0.2, 0.25) is 0 Å². The van der Waals surface area contributed by atoms with E-state index in [1.54, 1.807) is 39.8 Å². The zero-order valence-corrected chi connectivity index (χ0v) is 16.6. The number of hydrogen-bond acceptors (Lipinski definition) is 7. The maximum atomic E-state index is 13.3. The number of aromatic nitrogens is 7. The van der Waals surface area contributed by atoms with Crippen molar-refractivity contribution in [1.29, 1.82) is 0 Å². The molecule has 154 valence electrons. The Morgan fingerprint density at radius 3 is 2.74 bits per heavy atom. The average molecular weight is 413 g/mol. The lowest BCUT2D eigenvalue weighted by atomic mass is 10.1. The molecule has 0 saturated heterocycles. The van der Waals surface area contributed by atoms with E-state index in [1.165, 1.54) is 6.33 Å². The maximum absolute atomic E-state index is 13.3. The molecule has 4 heterocycles. The number of anilines is 2. The first kappa shape index (κ1) is 18.6. The fourth-order valence-corrected chi connectivity index (χ4v) is 3.56.